The smallest absolute Gasteiger partial charge is 0.405 e. The fourth-order valence-corrected chi connectivity index (χ4v) is 1.95. The number of ether oxygens (including phenoxy) is 1. The quantitative estimate of drug-likeness (QED) is 0.787. The molecule has 0 aliphatic carbocycles. The number of rotatable bonds is 4. The van der Waals surface area contributed by atoms with E-state index in [1.54, 1.807) is 30.4 Å². The molecule has 126 valence electrons. The lowest BCUT2D eigenvalue weighted by Gasteiger charge is -2.24. The maximum atomic E-state index is 12.1. The second-order valence-electron chi connectivity index (χ2n) is 5.16. The van der Waals surface area contributed by atoms with Crippen LogP contribution in [0, 0.1) is 0 Å². The molecule has 0 unspecified atom stereocenters. The van der Waals surface area contributed by atoms with Crippen molar-refractivity contribution in [2.75, 3.05) is 17.2 Å². The number of nitrogens with one attached hydrogen (secondary N) is 3. The standard InChI is InChI=1S/C14H16F3N3O3/c1-7(12(21)18-6-14(15,16)17)19-9-3-4-11-10(5-9)20-13(22)8(2)23-11/h3-5,7-8,19H,6H2,1-2H3,(H,18,21)(H,20,22)/t7-,8+/m0/s1. The Bertz CT molecular complexity index is 619. The lowest BCUT2D eigenvalue weighted by molar-refractivity contribution is -0.138. The van der Waals surface area contributed by atoms with Crippen molar-refractivity contribution >= 4 is 23.2 Å². The molecule has 0 bridgehead atoms. The second kappa shape index (κ2) is 6.35. The number of benzene rings is 1. The van der Waals surface area contributed by atoms with Gasteiger partial charge in [-0.25, -0.2) is 0 Å². The molecule has 1 aromatic carbocycles. The van der Waals surface area contributed by atoms with E-state index in [9.17, 15) is 22.8 Å². The first-order valence-corrected chi connectivity index (χ1v) is 6.88. The monoisotopic (exact) mass is 331 g/mol. The Balaban J connectivity index is 1.99. The number of fused-ring (bicyclic) bond motifs is 1. The van der Waals surface area contributed by atoms with Crippen molar-refractivity contribution in [3.8, 4) is 5.75 Å². The predicted molar refractivity (Wildman–Crippen MR) is 77.3 cm³/mol. The number of halogens is 3. The average molecular weight is 331 g/mol. The SMILES string of the molecule is C[C@H](Nc1ccc2c(c1)NC(=O)[C@@H](C)O2)C(=O)NCC(F)(F)F. The van der Waals surface area contributed by atoms with Crippen LogP contribution >= 0.6 is 0 Å². The number of carbonyl (C=O) groups is 2. The Labute approximate surface area is 130 Å². The van der Waals surface area contributed by atoms with Gasteiger partial charge in [-0.3, -0.25) is 9.59 Å². The summed E-state index contributed by atoms with van der Waals surface area (Å²) in [5.74, 6) is -0.601. The van der Waals surface area contributed by atoms with E-state index < -0.39 is 30.8 Å². The molecule has 0 saturated heterocycles. The summed E-state index contributed by atoms with van der Waals surface area (Å²) in [6.45, 7) is 1.66. The highest BCUT2D eigenvalue weighted by Crippen LogP contribution is 2.32. The molecule has 2 amide bonds. The summed E-state index contributed by atoms with van der Waals surface area (Å²) in [7, 11) is 0. The van der Waals surface area contributed by atoms with Crippen LogP contribution in [0.4, 0.5) is 24.5 Å². The zero-order valence-corrected chi connectivity index (χ0v) is 12.5. The first-order chi connectivity index (χ1) is 10.7. The van der Waals surface area contributed by atoms with Crippen LogP contribution in [0.2, 0.25) is 0 Å². The largest absolute Gasteiger partial charge is 0.479 e. The fourth-order valence-electron chi connectivity index (χ4n) is 1.95. The molecule has 2 atom stereocenters. The summed E-state index contributed by atoms with van der Waals surface area (Å²) in [5, 5.41) is 7.21. The van der Waals surface area contributed by atoms with Crippen molar-refractivity contribution in [2.45, 2.75) is 32.2 Å². The van der Waals surface area contributed by atoms with Gasteiger partial charge in [0.15, 0.2) is 6.10 Å². The number of carbonyl (C=O) groups excluding carboxylic acids is 2. The summed E-state index contributed by atoms with van der Waals surface area (Å²) in [6, 6.07) is 3.88. The summed E-state index contributed by atoms with van der Waals surface area (Å²) in [5.41, 5.74) is 0.901. The summed E-state index contributed by atoms with van der Waals surface area (Å²) >= 11 is 0. The van der Waals surface area contributed by atoms with Crippen LogP contribution in [-0.4, -0.2) is 36.7 Å². The number of alkyl halides is 3. The van der Waals surface area contributed by atoms with Gasteiger partial charge in [0.1, 0.15) is 18.3 Å². The third-order valence-electron chi connectivity index (χ3n) is 3.15. The van der Waals surface area contributed by atoms with Crippen molar-refractivity contribution < 1.29 is 27.5 Å². The molecular weight excluding hydrogens is 315 g/mol. The van der Waals surface area contributed by atoms with Gasteiger partial charge < -0.3 is 20.7 Å². The molecule has 23 heavy (non-hydrogen) atoms. The van der Waals surface area contributed by atoms with Gasteiger partial charge in [0.25, 0.3) is 5.91 Å². The molecule has 2 rings (SSSR count). The van der Waals surface area contributed by atoms with Crippen molar-refractivity contribution in [1.82, 2.24) is 5.32 Å². The van der Waals surface area contributed by atoms with E-state index in [-0.39, 0.29) is 5.91 Å². The van der Waals surface area contributed by atoms with Crippen molar-refractivity contribution in [3.63, 3.8) is 0 Å². The van der Waals surface area contributed by atoms with Gasteiger partial charge in [0, 0.05) is 5.69 Å². The predicted octanol–water partition coefficient (Wildman–Crippen LogP) is 1.88. The molecule has 9 heteroatoms. The van der Waals surface area contributed by atoms with Gasteiger partial charge in [-0.2, -0.15) is 13.2 Å². The highest BCUT2D eigenvalue weighted by atomic mass is 19.4. The van der Waals surface area contributed by atoms with E-state index in [4.69, 9.17) is 4.74 Å². The van der Waals surface area contributed by atoms with E-state index in [0.717, 1.165) is 0 Å². The maximum absolute atomic E-state index is 12.1. The second-order valence-corrected chi connectivity index (χ2v) is 5.16. The lowest BCUT2D eigenvalue weighted by atomic mass is 10.2. The van der Waals surface area contributed by atoms with E-state index in [1.165, 1.54) is 6.92 Å². The third-order valence-corrected chi connectivity index (χ3v) is 3.15. The summed E-state index contributed by atoms with van der Waals surface area (Å²) in [6.07, 6.45) is -5.06. The van der Waals surface area contributed by atoms with Gasteiger partial charge in [-0.15, -0.1) is 0 Å². The maximum Gasteiger partial charge on any atom is 0.405 e. The zero-order valence-electron chi connectivity index (χ0n) is 12.5. The molecule has 0 spiro atoms. The number of amides is 2. The lowest BCUT2D eigenvalue weighted by Crippen LogP contribution is -2.42. The summed E-state index contributed by atoms with van der Waals surface area (Å²) < 4.78 is 41.6. The molecule has 1 aliphatic heterocycles. The fraction of sp³-hybridized carbons (Fsp3) is 0.429. The molecule has 6 nitrogen and oxygen atoms in total. The molecule has 0 aromatic heterocycles. The Morgan fingerprint density at radius 2 is 2.13 bits per heavy atom. The first kappa shape index (κ1) is 16.9. The van der Waals surface area contributed by atoms with E-state index in [2.05, 4.69) is 10.6 Å². The minimum atomic E-state index is -4.46. The molecule has 0 radical (unpaired) electrons. The molecule has 1 heterocycles. The van der Waals surface area contributed by atoms with Crippen LogP contribution in [-0.2, 0) is 9.59 Å². The minimum Gasteiger partial charge on any atom is -0.479 e. The topological polar surface area (TPSA) is 79.5 Å². The molecule has 1 aliphatic rings. The molecule has 1 aromatic rings. The van der Waals surface area contributed by atoms with E-state index in [0.29, 0.717) is 17.1 Å². The summed E-state index contributed by atoms with van der Waals surface area (Å²) in [4.78, 5) is 23.2. The van der Waals surface area contributed by atoms with Crippen molar-refractivity contribution in [1.29, 1.82) is 0 Å². The normalized spacial score (nSPS) is 18.3. The number of hydrogen-bond acceptors (Lipinski definition) is 4. The Morgan fingerprint density at radius 3 is 2.78 bits per heavy atom. The third kappa shape index (κ3) is 4.51. The molecule has 3 N–H and O–H groups in total. The van der Waals surface area contributed by atoms with Gasteiger partial charge in [0.05, 0.1) is 5.69 Å². The van der Waals surface area contributed by atoms with Crippen molar-refractivity contribution in [3.05, 3.63) is 18.2 Å². The van der Waals surface area contributed by atoms with Crippen LogP contribution in [0.5, 0.6) is 5.75 Å². The Hall–Kier alpha value is -2.45. The molecular formula is C14H16F3N3O3. The Kier molecular flexibility index (Phi) is 4.67. The van der Waals surface area contributed by atoms with E-state index >= 15 is 0 Å². The van der Waals surface area contributed by atoms with E-state index in [1.807, 2.05) is 0 Å². The van der Waals surface area contributed by atoms with Gasteiger partial charge in [0.2, 0.25) is 5.91 Å². The first-order valence-electron chi connectivity index (χ1n) is 6.88. The molecule has 0 fully saturated rings. The van der Waals surface area contributed by atoms with Crippen LogP contribution < -0.4 is 20.7 Å². The van der Waals surface area contributed by atoms with Crippen LogP contribution in [0.3, 0.4) is 0 Å². The number of anilines is 2. The zero-order chi connectivity index (χ0) is 17.2. The highest BCUT2D eigenvalue weighted by molar-refractivity contribution is 5.98. The number of hydrogen-bond donors (Lipinski definition) is 3. The van der Waals surface area contributed by atoms with Gasteiger partial charge >= 0.3 is 6.18 Å². The van der Waals surface area contributed by atoms with Gasteiger partial charge in [-0.1, -0.05) is 0 Å². The average Bonchev–Trinajstić information content (AvgIpc) is 2.45. The Morgan fingerprint density at radius 1 is 1.43 bits per heavy atom. The van der Waals surface area contributed by atoms with Crippen LogP contribution in [0.1, 0.15) is 13.8 Å². The van der Waals surface area contributed by atoms with Gasteiger partial charge in [-0.05, 0) is 32.0 Å². The van der Waals surface area contributed by atoms with Crippen LogP contribution in [0.15, 0.2) is 18.2 Å². The minimum absolute atomic E-state index is 0.300. The molecule has 0 saturated carbocycles. The van der Waals surface area contributed by atoms with Crippen molar-refractivity contribution in [2.24, 2.45) is 0 Å². The highest BCUT2D eigenvalue weighted by Gasteiger charge is 2.29. The van der Waals surface area contributed by atoms with Crippen LogP contribution in [0.25, 0.3) is 0 Å².